The van der Waals surface area contributed by atoms with Crippen molar-refractivity contribution in [2.75, 3.05) is 12.8 Å². The van der Waals surface area contributed by atoms with Crippen molar-refractivity contribution < 1.29 is 4.74 Å². The van der Waals surface area contributed by atoms with Crippen molar-refractivity contribution in [1.82, 2.24) is 0 Å². The second-order valence-electron chi connectivity index (χ2n) is 5.11. The summed E-state index contributed by atoms with van der Waals surface area (Å²) in [6.07, 6.45) is 0.772. The molecule has 3 rings (SSSR count). The summed E-state index contributed by atoms with van der Waals surface area (Å²) in [5.41, 5.74) is 11.6. The molecule has 0 radical (unpaired) electrons. The van der Waals surface area contributed by atoms with Crippen LogP contribution in [-0.4, -0.2) is 18.5 Å². The molecular weight excluding hydrogens is 262 g/mol. The zero-order chi connectivity index (χ0) is 14.8. The summed E-state index contributed by atoms with van der Waals surface area (Å²) >= 11 is 0. The fraction of sp³-hybridized carbons (Fsp3) is 0.176. The summed E-state index contributed by atoms with van der Waals surface area (Å²) in [6.45, 7) is 1.98. The quantitative estimate of drug-likeness (QED) is 0.859. The Morgan fingerprint density at radius 2 is 1.81 bits per heavy atom. The Bertz CT molecular complexity index is 730. The van der Waals surface area contributed by atoms with Gasteiger partial charge in [-0.25, -0.2) is 0 Å². The lowest BCUT2D eigenvalue weighted by molar-refractivity contribution is 0.414. The van der Waals surface area contributed by atoms with E-state index < -0.39 is 0 Å². The highest BCUT2D eigenvalue weighted by molar-refractivity contribution is 6.15. The molecule has 4 heteroatoms. The summed E-state index contributed by atoms with van der Waals surface area (Å²) in [6, 6.07) is 13.7. The Kier molecular flexibility index (Phi) is 3.44. The maximum atomic E-state index is 5.76. The largest absolute Gasteiger partial charge is 0.497 e. The zero-order valence-corrected chi connectivity index (χ0v) is 12.1. The van der Waals surface area contributed by atoms with Gasteiger partial charge in [0.05, 0.1) is 7.11 Å². The Morgan fingerprint density at radius 3 is 2.52 bits per heavy atom. The molecule has 0 fully saturated rings. The molecule has 0 aromatic heterocycles. The van der Waals surface area contributed by atoms with Crippen LogP contribution in [0.5, 0.6) is 5.75 Å². The fourth-order valence-electron chi connectivity index (χ4n) is 2.43. The summed E-state index contributed by atoms with van der Waals surface area (Å²) < 4.78 is 5.32. The first-order valence-electron chi connectivity index (χ1n) is 6.81. The third-order valence-electron chi connectivity index (χ3n) is 3.52. The van der Waals surface area contributed by atoms with Gasteiger partial charge in [-0.1, -0.05) is 12.1 Å². The number of fused-ring (bicyclic) bond motifs is 1. The van der Waals surface area contributed by atoms with E-state index in [1.54, 1.807) is 7.11 Å². The number of nitrogens with zero attached hydrogens (tertiary/aromatic N) is 2. The third-order valence-corrected chi connectivity index (χ3v) is 3.52. The monoisotopic (exact) mass is 279 g/mol. The normalized spacial score (nSPS) is 13.8. The Hall–Kier alpha value is -2.62. The van der Waals surface area contributed by atoms with Gasteiger partial charge in [-0.2, -0.15) is 5.10 Å². The average Bonchev–Trinajstić information content (AvgIpc) is 2.65. The van der Waals surface area contributed by atoms with Crippen molar-refractivity contribution in [3.8, 4) is 5.75 Å². The standard InChI is InChI=1S/C17H17N3O/c1-11-9-13-10-15(21-2)7-8-16(13)17(20-19-11)12-3-5-14(18)6-4-12/h3-8,10H,9,18H2,1-2H3. The van der Waals surface area contributed by atoms with Crippen LogP contribution in [0.4, 0.5) is 5.69 Å². The Morgan fingerprint density at radius 1 is 1.05 bits per heavy atom. The van der Waals surface area contributed by atoms with E-state index in [2.05, 4.69) is 10.2 Å². The summed E-state index contributed by atoms with van der Waals surface area (Å²) in [7, 11) is 1.67. The number of hydrogen-bond acceptors (Lipinski definition) is 4. The van der Waals surface area contributed by atoms with Crippen LogP contribution in [0, 0.1) is 0 Å². The van der Waals surface area contributed by atoms with Gasteiger partial charge in [-0.3, -0.25) is 0 Å². The van der Waals surface area contributed by atoms with Gasteiger partial charge < -0.3 is 10.5 Å². The van der Waals surface area contributed by atoms with Crippen molar-refractivity contribution in [3.63, 3.8) is 0 Å². The topological polar surface area (TPSA) is 60.0 Å². The molecule has 0 saturated carbocycles. The van der Waals surface area contributed by atoms with Crippen molar-refractivity contribution in [2.24, 2.45) is 10.2 Å². The SMILES string of the molecule is COc1ccc2c(c1)CC(C)=NN=C2c1ccc(N)cc1. The average molecular weight is 279 g/mol. The number of ether oxygens (including phenoxy) is 1. The molecule has 1 heterocycles. The predicted molar refractivity (Wildman–Crippen MR) is 86.3 cm³/mol. The van der Waals surface area contributed by atoms with Gasteiger partial charge in [0.1, 0.15) is 11.5 Å². The summed E-state index contributed by atoms with van der Waals surface area (Å²) in [5.74, 6) is 0.847. The number of nitrogens with two attached hydrogens (primary N) is 1. The van der Waals surface area contributed by atoms with Crippen molar-refractivity contribution in [2.45, 2.75) is 13.3 Å². The highest BCUT2D eigenvalue weighted by atomic mass is 16.5. The molecule has 0 unspecified atom stereocenters. The molecule has 0 spiro atoms. The van der Waals surface area contributed by atoms with E-state index in [1.165, 1.54) is 5.56 Å². The second kappa shape index (κ2) is 5.40. The van der Waals surface area contributed by atoms with Crippen LogP contribution in [0.3, 0.4) is 0 Å². The van der Waals surface area contributed by atoms with Crippen LogP contribution in [0.15, 0.2) is 52.7 Å². The first kappa shape index (κ1) is 13.4. The maximum absolute atomic E-state index is 5.76. The molecule has 0 atom stereocenters. The molecule has 2 aromatic carbocycles. The first-order chi connectivity index (χ1) is 10.2. The minimum absolute atomic E-state index is 0.739. The van der Waals surface area contributed by atoms with Crippen LogP contribution < -0.4 is 10.5 Å². The number of hydrogen-bond donors (Lipinski definition) is 1. The van der Waals surface area contributed by atoms with E-state index in [-0.39, 0.29) is 0 Å². The molecule has 2 aromatic rings. The van der Waals surface area contributed by atoms with Gasteiger partial charge in [0.2, 0.25) is 0 Å². The molecular formula is C17H17N3O. The molecule has 0 bridgehead atoms. The fourth-order valence-corrected chi connectivity index (χ4v) is 2.43. The highest BCUT2D eigenvalue weighted by Crippen LogP contribution is 2.24. The van der Waals surface area contributed by atoms with Gasteiger partial charge in [0, 0.05) is 28.9 Å². The lowest BCUT2D eigenvalue weighted by Crippen LogP contribution is -2.07. The number of nitrogen functional groups attached to an aromatic ring is 1. The molecule has 2 N–H and O–H groups in total. The van der Waals surface area contributed by atoms with Crippen LogP contribution in [0.25, 0.3) is 0 Å². The highest BCUT2D eigenvalue weighted by Gasteiger charge is 2.16. The van der Waals surface area contributed by atoms with E-state index in [0.717, 1.165) is 40.4 Å². The van der Waals surface area contributed by atoms with Gasteiger partial charge in [0.25, 0.3) is 0 Å². The summed E-state index contributed by atoms with van der Waals surface area (Å²) in [4.78, 5) is 0. The van der Waals surface area contributed by atoms with E-state index in [9.17, 15) is 0 Å². The molecule has 0 aliphatic carbocycles. The third kappa shape index (κ3) is 2.65. The maximum Gasteiger partial charge on any atom is 0.119 e. The Balaban J connectivity index is 2.15. The van der Waals surface area contributed by atoms with E-state index in [0.29, 0.717) is 0 Å². The van der Waals surface area contributed by atoms with Gasteiger partial charge in [0.15, 0.2) is 0 Å². The van der Waals surface area contributed by atoms with Crippen molar-refractivity contribution in [3.05, 3.63) is 59.2 Å². The number of anilines is 1. The number of benzene rings is 2. The molecule has 1 aliphatic heterocycles. The molecule has 4 nitrogen and oxygen atoms in total. The van der Waals surface area contributed by atoms with Gasteiger partial charge in [-0.15, -0.1) is 5.10 Å². The molecule has 106 valence electrons. The number of methoxy groups -OCH3 is 1. The van der Waals surface area contributed by atoms with Crippen molar-refractivity contribution >= 4 is 17.1 Å². The smallest absolute Gasteiger partial charge is 0.119 e. The predicted octanol–water partition coefficient (Wildman–Crippen LogP) is 3.05. The number of rotatable bonds is 2. The van der Waals surface area contributed by atoms with E-state index >= 15 is 0 Å². The molecule has 0 amide bonds. The minimum atomic E-state index is 0.739. The van der Waals surface area contributed by atoms with Crippen LogP contribution >= 0.6 is 0 Å². The van der Waals surface area contributed by atoms with E-state index in [4.69, 9.17) is 10.5 Å². The lowest BCUT2D eigenvalue weighted by atomic mass is 9.95. The van der Waals surface area contributed by atoms with Crippen molar-refractivity contribution in [1.29, 1.82) is 0 Å². The van der Waals surface area contributed by atoms with E-state index in [1.807, 2.05) is 49.4 Å². The zero-order valence-electron chi connectivity index (χ0n) is 12.1. The van der Waals surface area contributed by atoms with Gasteiger partial charge in [-0.05, 0) is 42.8 Å². The second-order valence-corrected chi connectivity index (χ2v) is 5.11. The Labute approximate surface area is 124 Å². The molecule has 1 aliphatic rings. The van der Waals surface area contributed by atoms with Crippen LogP contribution in [-0.2, 0) is 6.42 Å². The molecule has 21 heavy (non-hydrogen) atoms. The minimum Gasteiger partial charge on any atom is -0.497 e. The lowest BCUT2D eigenvalue weighted by Gasteiger charge is -2.11. The van der Waals surface area contributed by atoms with Gasteiger partial charge >= 0.3 is 0 Å². The summed E-state index contributed by atoms with van der Waals surface area (Å²) in [5, 5.41) is 8.73. The molecule has 0 saturated heterocycles. The first-order valence-corrected chi connectivity index (χ1v) is 6.81. The van der Waals surface area contributed by atoms with Crippen LogP contribution in [0.1, 0.15) is 23.6 Å². The van der Waals surface area contributed by atoms with Crippen LogP contribution in [0.2, 0.25) is 0 Å².